The fourth-order valence-corrected chi connectivity index (χ4v) is 3.57. The molecule has 5 nitrogen and oxygen atoms in total. The van der Waals surface area contributed by atoms with Crippen molar-refractivity contribution in [1.82, 2.24) is 4.90 Å². The third kappa shape index (κ3) is 5.92. The summed E-state index contributed by atoms with van der Waals surface area (Å²) in [6, 6.07) is 16.8. The van der Waals surface area contributed by atoms with Crippen molar-refractivity contribution in [3.05, 3.63) is 94.8 Å². The van der Waals surface area contributed by atoms with Crippen molar-refractivity contribution >= 4 is 12.1 Å². The Kier molecular flexibility index (Phi) is 7.55. The minimum absolute atomic E-state index is 0.0749. The Labute approximate surface area is 193 Å². The van der Waals surface area contributed by atoms with Crippen molar-refractivity contribution in [3.8, 4) is 11.1 Å². The van der Waals surface area contributed by atoms with Crippen molar-refractivity contribution in [2.45, 2.75) is 25.7 Å². The first kappa shape index (κ1) is 24.8. The Morgan fingerprint density at radius 1 is 0.971 bits per heavy atom. The van der Waals surface area contributed by atoms with Crippen LogP contribution in [0.15, 0.2) is 66.7 Å². The summed E-state index contributed by atoms with van der Waals surface area (Å²) in [6.45, 7) is -0.574. The Morgan fingerprint density at radius 2 is 1.56 bits per heavy atom. The van der Waals surface area contributed by atoms with Gasteiger partial charge >= 0.3 is 18.2 Å². The molecule has 0 spiro atoms. The smallest absolute Gasteiger partial charge is 0.416 e. The molecule has 0 aromatic heterocycles. The maximum Gasteiger partial charge on any atom is 0.416 e. The monoisotopic (exact) mass is 475 g/mol. The van der Waals surface area contributed by atoms with E-state index < -0.39 is 48.1 Å². The number of amides is 1. The second-order valence-electron chi connectivity index (χ2n) is 7.57. The lowest BCUT2D eigenvalue weighted by atomic mass is 9.89. The SMILES string of the molecule is CN(Cc1c(CC(=O)O)c(C(F)(F)F)cc(F)c1-c1ccccc1)C(=O)OCc1ccccc1. The van der Waals surface area contributed by atoms with Gasteiger partial charge in [-0.05, 0) is 28.3 Å². The maximum absolute atomic E-state index is 15.1. The molecule has 178 valence electrons. The summed E-state index contributed by atoms with van der Waals surface area (Å²) in [5, 5.41) is 9.30. The van der Waals surface area contributed by atoms with Gasteiger partial charge in [-0.15, -0.1) is 0 Å². The van der Waals surface area contributed by atoms with Crippen LogP contribution in [0.2, 0.25) is 0 Å². The minimum Gasteiger partial charge on any atom is -0.481 e. The summed E-state index contributed by atoms with van der Waals surface area (Å²) in [5.74, 6) is -2.69. The molecule has 3 aromatic rings. The normalized spacial score (nSPS) is 11.2. The third-order valence-electron chi connectivity index (χ3n) is 5.11. The highest BCUT2D eigenvalue weighted by molar-refractivity contribution is 5.77. The lowest BCUT2D eigenvalue weighted by Gasteiger charge is -2.24. The molecule has 0 bridgehead atoms. The van der Waals surface area contributed by atoms with Crippen LogP contribution in [0.1, 0.15) is 22.3 Å². The number of benzene rings is 3. The predicted octanol–water partition coefficient (Wildman–Crippen LogP) is 5.91. The van der Waals surface area contributed by atoms with Gasteiger partial charge < -0.3 is 14.7 Å². The van der Waals surface area contributed by atoms with Gasteiger partial charge in [-0.1, -0.05) is 60.7 Å². The highest BCUT2D eigenvalue weighted by Gasteiger charge is 2.37. The number of halogens is 4. The first-order valence-corrected chi connectivity index (χ1v) is 10.2. The number of rotatable bonds is 7. The molecular weight excluding hydrogens is 454 g/mol. The molecule has 0 saturated carbocycles. The third-order valence-corrected chi connectivity index (χ3v) is 5.11. The summed E-state index contributed by atoms with van der Waals surface area (Å²) in [6.07, 6.45) is -6.86. The molecule has 0 aliphatic carbocycles. The summed E-state index contributed by atoms with van der Waals surface area (Å²) >= 11 is 0. The van der Waals surface area contributed by atoms with Crippen LogP contribution in [0, 0.1) is 5.82 Å². The lowest BCUT2D eigenvalue weighted by Crippen LogP contribution is -2.29. The average Bonchev–Trinajstić information content (AvgIpc) is 2.79. The molecule has 3 rings (SSSR count). The van der Waals surface area contributed by atoms with Crippen LogP contribution < -0.4 is 0 Å². The largest absolute Gasteiger partial charge is 0.481 e. The van der Waals surface area contributed by atoms with E-state index in [4.69, 9.17) is 4.74 Å². The second kappa shape index (κ2) is 10.4. The minimum atomic E-state index is -5.00. The molecule has 0 fully saturated rings. The first-order chi connectivity index (χ1) is 16.1. The molecule has 0 atom stereocenters. The molecule has 0 aliphatic heterocycles. The van der Waals surface area contributed by atoms with E-state index in [0.717, 1.165) is 4.90 Å². The van der Waals surface area contributed by atoms with Crippen molar-refractivity contribution < 1.29 is 37.0 Å². The van der Waals surface area contributed by atoms with E-state index in [1.807, 2.05) is 0 Å². The van der Waals surface area contributed by atoms with E-state index in [9.17, 15) is 27.9 Å². The highest BCUT2D eigenvalue weighted by atomic mass is 19.4. The molecule has 0 aliphatic rings. The predicted molar refractivity (Wildman–Crippen MR) is 116 cm³/mol. The fraction of sp³-hybridized carbons (Fsp3) is 0.200. The van der Waals surface area contributed by atoms with E-state index in [2.05, 4.69) is 0 Å². The summed E-state index contributed by atoms with van der Waals surface area (Å²) < 4.78 is 61.5. The van der Waals surface area contributed by atoms with Gasteiger partial charge in [0.2, 0.25) is 0 Å². The zero-order chi connectivity index (χ0) is 24.9. The highest BCUT2D eigenvalue weighted by Crippen LogP contribution is 2.40. The van der Waals surface area contributed by atoms with Gasteiger partial charge in [-0.25, -0.2) is 9.18 Å². The van der Waals surface area contributed by atoms with Gasteiger partial charge in [0.15, 0.2) is 0 Å². The van der Waals surface area contributed by atoms with Gasteiger partial charge in [-0.3, -0.25) is 4.79 Å². The number of ether oxygens (including phenoxy) is 1. The van der Waals surface area contributed by atoms with Crippen LogP contribution >= 0.6 is 0 Å². The number of carbonyl (C=O) groups excluding carboxylic acids is 1. The molecule has 0 radical (unpaired) electrons. The zero-order valence-electron chi connectivity index (χ0n) is 18.1. The molecule has 0 unspecified atom stereocenters. The number of aliphatic carboxylic acids is 1. The second-order valence-corrected chi connectivity index (χ2v) is 7.57. The molecule has 1 amide bonds. The summed E-state index contributed by atoms with van der Waals surface area (Å²) in [4.78, 5) is 25.0. The lowest BCUT2D eigenvalue weighted by molar-refractivity contribution is -0.139. The quantitative estimate of drug-likeness (QED) is 0.432. The van der Waals surface area contributed by atoms with Crippen LogP contribution in [0.5, 0.6) is 0 Å². The average molecular weight is 475 g/mol. The van der Waals surface area contributed by atoms with Crippen molar-refractivity contribution in [1.29, 1.82) is 0 Å². The zero-order valence-corrected chi connectivity index (χ0v) is 18.1. The van der Waals surface area contributed by atoms with E-state index in [0.29, 0.717) is 11.6 Å². The van der Waals surface area contributed by atoms with Crippen LogP contribution in [0.3, 0.4) is 0 Å². The molecule has 1 N–H and O–H groups in total. The van der Waals surface area contributed by atoms with Crippen LogP contribution in [-0.4, -0.2) is 29.1 Å². The van der Waals surface area contributed by atoms with Gasteiger partial charge in [0, 0.05) is 19.2 Å². The van der Waals surface area contributed by atoms with E-state index in [1.165, 1.54) is 19.2 Å². The van der Waals surface area contributed by atoms with Crippen LogP contribution in [-0.2, 0) is 35.3 Å². The molecule has 3 aromatic carbocycles. The van der Waals surface area contributed by atoms with Crippen molar-refractivity contribution in [3.63, 3.8) is 0 Å². The summed E-state index contributed by atoms with van der Waals surface area (Å²) in [5.41, 5.74) is -1.50. The number of carboxylic acids is 1. The maximum atomic E-state index is 15.1. The number of nitrogens with zero attached hydrogens (tertiary/aromatic N) is 1. The first-order valence-electron chi connectivity index (χ1n) is 10.2. The topological polar surface area (TPSA) is 66.8 Å². The van der Waals surface area contributed by atoms with Crippen LogP contribution in [0.25, 0.3) is 11.1 Å². The number of hydrogen-bond donors (Lipinski definition) is 1. The molecule has 34 heavy (non-hydrogen) atoms. The van der Waals surface area contributed by atoms with E-state index >= 15 is 4.39 Å². The summed E-state index contributed by atoms with van der Waals surface area (Å²) in [7, 11) is 1.28. The number of hydrogen-bond acceptors (Lipinski definition) is 3. The molecule has 9 heteroatoms. The fourth-order valence-electron chi connectivity index (χ4n) is 3.57. The molecule has 0 saturated heterocycles. The standard InChI is InChI=1S/C25H21F4NO4/c1-30(24(33)34-15-16-8-4-2-5-9-16)14-19-18(12-22(31)32)20(25(27,28)29)13-21(26)23(19)17-10-6-3-7-11-17/h2-11,13H,12,14-15H2,1H3,(H,31,32). The Balaban J connectivity index is 2.05. The van der Waals surface area contributed by atoms with Crippen LogP contribution in [0.4, 0.5) is 22.4 Å². The number of carbonyl (C=O) groups is 2. The van der Waals surface area contributed by atoms with Gasteiger partial charge in [0.1, 0.15) is 12.4 Å². The van der Waals surface area contributed by atoms with Gasteiger partial charge in [0.05, 0.1) is 12.0 Å². The molecule has 0 heterocycles. The number of alkyl halides is 3. The van der Waals surface area contributed by atoms with E-state index in [1.54, 1.807) is 48.5 Å². The van der Waals surface area contributed by atoms with Crippen molar-refractivity contribution in [2.24, 2.45) is 0 Å². The van der Waals surface area contributed by atoms with Gasteiger partial charge in [-0.2, -0.15) is 13.2 Å². The number of carboxylic acid groups (broad SMARTS) is 1. The Morgan fingerprint density at radius 3 is 2.12 bits per heavy atom. The van der Waals surface area contributed by atoms with E-state index in [-0.39, 0.29) is 23.3 Å². The van der Waals surface area contributed by atoms with Gasteiger partial charge in [0.25, 0.3) is 0 Å². The van der Waals surface area contributed by atoms with Crippen molar-refractivity contribution in [2.75, 3.05) is 7.05 Å². The Hall–Kier alpha value is -3.88. The Bertz CT molecular complexity index is 1170. The molecular formula is C25H21F4NO4.